The molecule has 0 amide bonds. The highest BCUT2D eigenvalue weighted by atomic mass is 79.9. The summed E-state index contributed by atoms with van der Waals surface area (Å²) in [7, 11) is 0. The fourth-order valence-electron chi connectivity index (χ4n) is 0.241. The summed E-state index contributed by atoms with van der Waals surface area (Å²) in [4.78, 5) is 19.7. The van der Waals surface area contributed by atoms with Crippen LogP contribution in [0.25, 0.3) is 0 Å². The summed E-state index contributed by atoms with van der Waals surface area (Å²) in [6, 6.07) is 0. The molecule has 0 aromatic carbocycles. The first-order valence-corrected chi connectivity index (χ1v) is 4.10. The van der Waals surface area contributed by atoms with Crippen molar-refractivity contribution in [2.45, 2.75) is 10.3 Å². The Labute approximate surface area is 79.5 Å². The van der Waals surface area contributed by atoms with Crippen LogP contribution in [0.15, 0.2) is 0 Å². The van der Waals surface area contributed by atoms with Crippen LogP contribution < -0.4 is 0 Å². The van der Waals surface area contributed by atoms with Gasteiger partial charge in [-0.15, -0.1) is 0 Å². The second kappa shape index (κ2) is 4.01. The molecule has 0 aromatic heterocycles. The van der Waals surface area contributed by atoms with E-state index in [1.54, 1.807) is 0 Å². The summed E-state index contributed by atoms with van der Waals surface area (Å²) >= 11 is 5.43. The molecule has 0 radical (unpaired) electrons. The van der Waals surface area contributed by atoms with Crippen LogP contribution in [0.1, 0.15) is 6.92 Å². The van der Waals surface area contributed by atoms with Crippen molar-refractivity contribution in [1.29, 1.82) is 0 Å². The number of esters is 1. The third kappa shape index (κ3) is 4.31. The van der Waals surface area contributed by atoms with Gasteiger partial charge in [-0.2, -0.15) is 0 Å². The third-order valence-electron chi connectivity index (χ3n) is 0.716. The first-order chi connectivity index (χ1) is 4.86. The number of alkyl halides is 2. The van der Waals surface area contributed by atoms with E-state index in [0.717, 1.165) is 0 Å². The molecule has 0 unspecified atom stereocenters. The van der Waals surface area contributed by atoms with Crippen LogP contribution in [-0.4, -0.2) is 20.9 Å². The molecule has 0 aliphatic carbocycles. The van der Waals surface area contributed by atoms with E-state index in [0.29, 0.717) is 0 Å². The molecule has 0 rings (SSSR count). The lowest BCUT2D eigenvalue weighted by Gasteiger charge is -2.10. The molecule has 7 heteroatoms. The number of rotatable bonds is 3. The average molecular weight is 291 g/mol. The van der Waals surface area contributed by atoms with Gasteiger partial charge in [0.05, 0.1) is 4.92 Å². The van der Waals surface area contributed by atoms with Crippen LogP contribution in [-0.2, 0) is 9.53 Å². The van der Waals surface area contributed by atoms with Gasteiger partial charge in [0, 0.05) is 38.8 Å². The molecule has 11 heavy (non-hydrogen) atoms. The molecule has 0 saturated heterocycles. The lowest BCUT2D eigenvalue weighted by Crippen LogP contribution is -2.30. The maximum atomic E-state index is 10.2. The van der Waals surface area contributed by atoms with Gasteiger partial charge in [0.15, 0.2) is 6.61 Å². The molecule has 64 valence electrons. The molecule has 0 bridgehead atoms. The minimum Gasteiger partial charge on any atom is -0.456 e. The lowest BCUT2D eigenvalue weighted by atomic mass is 10.7. The summed E-state index contributed by atoms with van der Waals surface area (Å²) in [6.07, 6.45) is 0. The number of nitro groups is 1. The predicted octanol–water partition coefficient (Wildman–Crippen LogP) is 1.27. The summed E-state index contributed by atoms with van der Waals surface area (Å²) in [6.45, 7) is 0.825. The Morgan fingerprint density at radius 1 is 1.73 bits per heavy atom. The van der Waals surface area contributed by atoms with Crippen LogP contribution in [0.2, 0.25) is 0 Å². The number of hydrogen-bond acceptors (Lipinski definition) is 4. The molecule has 0 atom stereocenters. The molecule has 0 aromatic rings. The molecular formula is C4H5Br2NO4. The highest BCUT2D eigenvalue weighted by molar-refractivity contribution is 9.25. The maximum Gasteiger partial charge on any atom is 0.360 e. The lowest BCUT2D eigenvalue weighted by molar-refractivity contribution is -0.507. The molecule has 0 heterocycles. The van der Waals surface area contributed by atoms with Crippen molar-refractivity contribution in [3.05, 3.63) is 10.1 Å². The molecule has 0 fully saturated rings. The van der Waals surface area contributed by atoms with Crippen molar-refractivity contribution in [3.63, 3.8) is 0 Å². The second-order valence-corrected chi connectivity index (χ2v) is 5.39. The van der Waals surface area contributed by atoms with Crippen molar-refractivity contribution >= 4 is 37.8 Å². The van der Waals surface area contributed by atoms with Crippen LogP contribution in [0.3, 0.4) is 0 Å². The molecule has 0 spiro atoms. The van der Waals surface area contributed by atoms with Crippen molar-refractivity contribution < 1.29 is 14.5 Å². The fraction of sp³-hybridized carbons (Fsp3) is 0.750. The quantitative estimate of drug-likeness (QED) is 0.258. The summed E-state index contributed by atoms with van der Waals surface area (Å²) in [5.74, 6) is -0.560. The molecule has 5 nitrogen and oxygen atoms in total. The second-order valence-electron chi connectivity index (χ2n) is 1.70. The van der Waals surface area contributed by atoms with Crippen molar-refractivity contribution in [3.8, 4) is 0 Å². The molecular weight excluding hydrogens is 286 g/mol. The van der Waals surface area contributed by atoms with E-state index in [9.17, 15) is 14.9 Å². The number of halogens is 2. The third-order valence-corrected chi connectivity index (χ3v) is 1.75. The van der Waals surface area contributed by atoms with Crippen LogP contribution in [0.5, 0.6) is 0 Å². The Kier molecular flexibility index (Phi) is 3.95. The first kappa shape index (κ1) is 10.8. The van der Waals surface area contributed by atoms with Gasteiger partial charge in [-0.25, -0.2) is 0 Å². The van der Waals surface area contributed by atoms with Gasteiger partial charge in [0.25, 0.3) is 0 Å². The summed E-state index contributed by atoms with van der Waals surface area (Å²) in [5.41, 5.74) is 0. The van der Waals surface area contributed by atoms with E-state index in [4.69, 9.17) is 0 Å². The normalized spacial score (nSPS) is 10.8. The largest absolute Gasteiger partial charge is 0.456 e. The number of hydrogen-bond donors (Lipinski definition) is 0. The van der Waals surface area contributed by atoms with Gasteiger partial charge >= 0.3 is 9.33 Å². The van der Waals surface area contributed by atoms with E-state index >= 15 is 0 Å². The minimum absolute atomic E-state index is 0.352. The Morgan fingerprint density at radius 3 is 2.45 bits per heavy atom. The van der Waals surface area contributed by atoms with E-state index in [2.05, 4.69) is 36.6 Å². The van der Waals surface area contributed by atoms with Gasteiger partial charge < -0.3 is 4.74 Å². The van der Waals surface area contributed by atoms with Gasteiger partial charge in [0.2, 0.25) is 0 Å². The van der Waals surface area contributed by atoms with E-state index in [1.165, 1.54) is 6.92 Å². The maximum absolute atomic E-state index is 10.2. The summed E-state index contributed by atoms with van der Waals surface area (Å²) < 4.78 is 2.83. The van der Waals surface area contributed by atoms with Gasteiger partial charge in [-0.3, -0.25) is 14.9 Å². The SMILES string of the molecule is CC(=O)OCC(Br)(Br)[N+](=O)[O-]. The predicted molar refractivity (Wildman–Crippen MR) is 44.2 cm³/mol. The van der Waals surface area contributed by atoms with E-state index in [1.807, 2.05) is 0 Å². The van der Waals surface area contributed by atoms with Crippen molar-refractivity contribution in [2.75, 3.05) is 6.61 Å². The Hall–Kier alpha value is -0.170. The fourth-order valence-corrected chi connectivity index (χ4v) is 0.470. The molecule has 0 aliphatic rings. The Balaban J connectivity index is 3.92. The number of ether oxygens (including phenoxy) is 1. The van der Waals surface area contributed by atoms with Gasteiger partial charge in [-0.1, -0.05) is 0 Å². The van der Waals surface area contributed by atoms with Crippen LogP contribution in [0, 0.1) is 10.1 Å². The monoisotopic (exact) mass is 289 g/mol. The minimum atomic E-state index is -1.56. The van der Waals surface area contributed by atoms with Gasteiger partial charge in [0.1, 0.15) is 0 Å². The Bertz CT molecular complexity index is 181. The molecule has 0 saturated carbocycles. The van der Waals surface area contributed by atoms with Crippen LogP contribution >= 0.6 is 31.9 Å². The van der Waals surface area contributed by atoms with Crippen LogP contribution in [0.4, 0.5) is 0 Å². The highest BCUT2D eigenvalue weighted by Crippen LogP contribution is 2.26. The van der Waals surface area contributed by atoms with E-state index in [-0.39, 0.29) is 6.61 Å². The van der Waals surface area contributed by atoms with Gasteiger partial charge in [-0.05, 0) is 0 Å². The number of nitrogens with zero attached hydrogens (tertiary/aromatic N) is 1. The Morgan fingerprint density at radius 2 is 2.18 bits per heavy atom. The average Bonchev–Trinajstić information content (AvgIpc) is 1.84. The topological polar surface area (TPSA) is 69.4 Å². The van der Waals surface area contributed by atoms with E-state index < -0.39 is 14.3 Å². The number of carbonyl (C=O) groups is 1. The van der Waals surface area contributed by atoms with Crippen molar-refractivity contribution in [2.24, 2.45) is 0 Å². The molecule has 0 N–H and O–H groups in total. The first-order valence-electron chi connectivity index (χ1n) is 2.52. The van der Waals surface area contributed by atoms with Crippen molar-refractivity contribution in [1.82, 2.24) is 0 Å². The smallest absolute Gasteiger partial charge is 0.360 e. The zero-order valence-corrected chi connectivity index (χ0v) is 8.72. The highest BCUT2D eigenvalue weighted by Gasteiger charge is 2.37. The number of carbonyl (C=O) groups excluding carboxylic acids is 1. The molecule has 0 aliphatic heterocycles. The zero-order chi connectivity index (χ0) is 9.07. The zero-order valence-electron chi connectivity index (χ0n) is 5.54. The standard InChI is InChI=1S/C4H5Br2NO4/c1-3(8)11-2-4(5,6)7(9)10/h2H2,1H3. The summed E-state index contributed by atoms with van der Waals surface area (Å²) in [5, 5.41) is 10.2.